The SMILES string of the molecule is Cc1ccccc1NC(=O)C1(N)CCC2(CC1)OCCO2. The Morgan fingerprint density at radius 2 is 1.76 bits per heavy atom. The summed E-state index contributed by atoms with van der Waals surface area (Å²) in [6.07, 6.45) is 2.49. The van der Waals surface area contributed by atoms with E-state index >= 15 is 0 Å². The van der Waals surface area contributed by atoms with Crippen LogP contribution in [0.4, 0.5) is 5.69 Å². The molecule has 5 nitrogen and oxygen atoms in total. The van der Waals surface area contributed by atoms with E-state index in [1.165, 1.54) is 0 Å². The molecule has 0 atom stereocenters. The first kappa shape index (κ1) is 14.5. The summed E-state index contributed by atoms with van der Waals surface area (Å²) in [6.45, 7) is 3.23. The normalized spacial score (nSPS) is 23.1. The highest BCUT2D eigenvalue weighted by Crippen LogP contribution is 2.39. The van der Waals surface area contributed by atoms with Crippen molar-refractivity contribution in [3.63, 3.8) is 0 Å². The molecule has 0 radical (unpaired) electrons. The van der Waals surface area contributed by atoms with E-state index < -0.39 is 11.3 Å². The van der Waals surface area contributed by atoms with E-state index in [2.05, 4.69) is 5.32 Å². The fraction of sp³-hybridized carbons (Fsp3) is 0.562. The maximum atomic E-state index is 12.5. The Bertz CT molecular complexity index is 528. The fourth-order valence-corrected chi connectivity index (χ4v) is 3.05. The number of nitrogens with one attached hydrogen (secondary N) is 1. The van der Waals surface area contributed by atoms with E-state index in [0.717, 1.165) is 11.3 Å². The quantitative estimate of drug-likeness (QED) is 0.873. The summed E-state index contributed by atoms with van der Waals surface area (Å²) in [7, 11) is 0. The van der Waals surface area contributed by atoms with Gasteiger partial charge in [0.1, 0.15) is 0 Å². The van der Waals surface area contributed by atoms with E-state index in [1.54, 1.807) is 0 Å². The van der Waals surface area contributed by atoms with Gasteiger partial charge in [0, 0.05) is 18.5 Å². The molecule has 1 saturated heterocycles. The molecule has 3 rings (SSSR count). The number of aryl methyl sites for hydroxylation is 1. The molecule has 1 aromatic carbocycles. The van der Waals surface area contributed by atoms with Gasteiger partial charge < -0.3 is 20.5 Å². The van der Waals surface area contributed by atoms with Gasteiger partial charge in [-0.05, 0) is 31.4 Å². The fourth-order valence-electron chi connectivity index (χ4n) is 3.05. The summed E-state index contributed by atoms with van der Waals surface area (Å²) in [5.74, 6) is -0.615. The molecule has 1 amide bonds. The Labute approximate surface area is 124 Å². The highest BCUT2D eigenvalue weighted by molar-refractivity contribution is 5.98. The molecule has 114 valence electrons. The van der Waals surface area contributed by atoms with Crippen molar-refractivity contribution in [2.75, 3.05) is 18.5 Å². The largest absolute Gasteiger partial charge is 0.348 e. The number of anilines is 1. The summed E-state index contributed by atoms with van der Waals surface area (Å²) >= 11 is 0. The van der Waals surface area contributed by atoms with Crippen LogP contribution in [0.15, 0.2) is 24.3 Å². The molecule has 2 fully saturated rings. The number of para-hydroxylation sites is 1. The molecule has 0 aromatic heterocycles. The second-order valence-corrected chi connectivity index (χ2v) is 6.03. The highest BCUT2D eigenvalue weighted by atomic mass is 16.7. The molecule has 0 unspecified atom stereocenters. The molecule has 5 heteroatoms. The number of carbonyl (C=O) groups excluding carboxylic acids is 1. The van der Waals surface area contributed by atoms with Crippen molar-refractivity contribution in [1.29, 1.82) is 0 Å². The number of hydrogen-bond donors (Lipinski definition) is 2. The first-order valence-corrected chi connectivity index (χ1v) is 7.47. The van der Waals surface area contributed by atoms with Crippen LogP contribution in [0.5, 0.6) is 0 Å². The number of hydrogen-bond acceptors (Lipinski definition) is 4. The van der Waals surface area contributed by atoms with Gasteiger partial charge in [0.2, 0.25) is 5.91 Å². The van der Waals surface area contributed by atoms with Crippen LogP contribution in [0.2, 0.25) is 0 Å². The van der Waals surface area contributed by atoms with Crippen molar-refractivity contribution in [2.24, 2.45) is 5.73 Å². The van der Waals surface area contributed by atoms with E-state index in [4.69, 9.17) is 15.2 Å². The number of carbonyl (C=O) groups is 1. The summed E-state index contributed by atoms with van der Waals surface area (Å²) < 4.78 is 11.4. The van der Waals surface area contributed by atoms with Crippen molar-refractivity contribution in [1.82, 2.24) is 0 Å². The van der Waals surface area contributed by atoms with Gasteiger partial charge in [0.25, 0.3) is 0 Å². The first-order valence-electron chi connectivity index (χ1n) is 7.47. The lowest BCUT2D eigenvalue weighted by molar-refractivity contribution is -0.184. The van der Waals surface area contributed by atoms with E-state index in [1.807, 2.05) is 31.2 Å². The molecular formula is C16H22N2O3. The summed E-state index contributed by atoms with van der Waals surface area (Å²) in [5.41, 5.74) is 7.34. The lowest BCUT2D eigenvalue weighted by atomic mass is 9.78. The van der Waals surface area contributed by atoms with Gasteiger partial charge in [-0.15, -0.1) is 0 Å². The molecule has 21 heavy (non-hydrogen) atoms. The molecule has 2 aliphatic rings. The third kappa shape index (κ3) is 2.81. The highest BCUT2D eigenvalue weighted by Gasteiger charge is 2.47. The minimum Gasteiger partial charge on any atom is -0.348 e. The van der Waals surface area contributed by atoms with E-state index in [9.17, 15) is 4.79 Å². The molecule has 3 N–H and O–H groups in total. The molecular weight excluding hydrogens is 268 g/mol. The molecule has 1 heterocycles. The van der Waals surface area contributed by atoms with E-state index in [-0.39, 0.29) is 5.91 Å². The minimum absolute atomic E-state index is 0.121. The Morgan fingerprint density at radius 3 is 2.38 bits per heavy atom. The zero-order valence-electron chi connectivity index (χ0n) is 12.4. The molecule has 1 spiro atoms. The third-order valence-corrected chi connectivity index (χ3v) is 4.56. The Balaban J connectivity index is 1.66. The van der Waals surface area contributed by atoms with Crippen molar-refractivity contribution < 1.29 is 14.3 Å². The number of amides is 1. The standard InChI is InChI=1S/C16H22N2O3/c1-12-4-2-3-5-13(12)18-14(19)15(17)6-8-16(9-7-15)20-10-11-21-16/h2-5H,6-11,17H2,1H3,(H,18,19). The molecule has 1 aliphatic carbocycles. The Morgan fingerprint density at radius 1 is 1.14 bits per heavy atom. The summed E-state index contributed by atoms with van der Waals surface area (Å²) in [4.78, 5) is 12.5. The summed E-state index contributed by atoms with van der Waals surface area (Å²) in [5, 5.41) is 2.95. The monoisotopic (exact) mass is 290 g/mol. The zero-order valence-corrected chi connectivity index (χ0v) is 12.4. The average molecular weight is 290 g/mol. The van der Waals surface area contributed by atoms with Gasteiger partial charge in [-0.3, -0.25) is 4.79 Å². The maximum Gasteiger partial charge on any atom is 0.244 e. The summed E-state index contributed by atoms with van der Waals surface area (Å²) in [6, 6.07) is 7.71. The van der Waals surface area contributed by atoms with Gasteiger partial charge in [-0.1, -0.05) is 18.2 Å². The minimum atomic E-state index is -0.844. The predicted molar refractivity (Wildman–Crippen MR) is 79.8 cm³/mol. The van der Waals surface area contributed by atoms with Crippen LogP contribution in [0.3, 0.4) is 0 Å². The Hall–Kier alpha value is -1.43. The van der Waals surface area contributed by atoms with E-state index in [0.29, 0.717) is 38.9 Å². The molecule has 0 bridgehead atoms. The average Bonchev–Trinajstić information content (AvgIpc) is 2.94. The van der Waals surface area contributed by atoms with Gasteiger partial charge in [0.05, 0.1) is 18.8 Å². The number of rotatable bonds is 2. The molecule has 1 aliphatic heterocycles. The first-order chi connectivity index (χ1) is 10.0. The van der Waals surface area contributed by atoms with Crippen LogP contribution in [0.25, 0.3) is 0 Å². The number of benzene rings is 1. The van der Waals surface area contributed by atoms with Crippen molar-refractivity contribution in [3.05, 3.63) is 29.8 Å². The van der Waals surface area contributed by atoms with Crippen molar-refractivity contribution in [3.8, 4) is 0 Å². The van der Waals surface area contributed by atoms with Gasteiger partial charge in [0.15, 0.2) is 5.79 Å². The zero-order chi connectivity index (χ0) is 14.9. The second-order valence-electron chi connectivity index (χ2n) is 6.03. The van der Waals surface area contributed by atoms with Crippen LogP contribution >= 0.6 is 0 Å². The predicted octanol–water partition coefficient (Wildman–Crippen LogP) is 1.95. The van der Waals surface area contributed by atoms with Crippen LogP contribution in [-0.4, -0.2) is 30.4 Å². The lowest BCUT2D eigenvalue weighted by Gasteiger charge is -2.40. The van der Waals surface area contributed by atoms with Crippen molar-refractivity contribution in [2.45, 2.75) is 43.9 Å². The topological polar surface area (TPSA) is 73.6 Å². The van der Waals surface area contributed by atoms with Crippen molar-refractivity contribution >= 4 is 11.6 Å². The second kappa shape index (κ2) is 5.40. The van der Waals surface area contributed by atoms with Gasteiger partial charge in [-0.25, -0.2) is 0 Å². The van der Waals surface area contributed by atoms with Crippen LogP contribution < -0.4 is 11.1 Å². The molecule has 1 saturated carbocycles. The maximum absolute atomic E-state index is 12.5. The number of nitrogens with two attached hydrogens (primary N) is 1. The number of ether oxygens (including phenoxy) is 2. The van der Waals surface area contributed by atoms with Crippen LogP contribution in [0.1, 0.15) is 31.2 Å². The third-order valence-electron chi connectivity index (χ3n) is 4.56. The lowest BCUT2D eigenvalue weighted by Crippen LogP contribution is -2.56. The van der Waals surface area contributed by atoms with Crippen LogP contribution in [-0.2, 0) is 14.3 Å². The Kier molecular flexibility index (Phi) is 3.73. The van der Waals surface area contributed by atoms with Crippen LogP contribution in [0, 0.1) is 6.92 Å². The smallest absolute Gasteiger partial charge is 0.244 e. The van der Waals surface area contributed by atoms with Gasteiger partial charge >= 0.3 is 0 Å². The molecule has 1 aromatic rings. The van der Waals surface area contributed by atoms with Gasteiger partial charge in [-0.2, -0.15) is 0 Å².